The van der Waals surface area contributed by atoms with Gasteiger partial charge in [0.15, 0.2) is 0 Å². The van der Waals surface area contributed by atoms with Crippen LogP contribution in [-0.4, -0.2) is 44.3 Å². The quantitative estimate of drug-likeness (QED) is 0.313. The largest absolute Gasteiger partial charge is 0.354 e. The van der Waals surface area contributed by atoms with Crippen molar-refractivity contribution in [3.05, 3.63) is 94.5 Å². The highest BCUT2D eigenvalue weighted by atomic mass is 35.5. The summed E-state index contributed by atoms with van der Waals surface area (Å²) in [5, 5.41) is 3.34. The Kier molecular flexibility index (Phi) is 10.5. The van der Waals surface area contributed by atoms with E-state index in [0.29, 0.717) is 29.2 Å². The number of sulfonamides is 1. The standard InChI is InChI=1S/C30H36ClN3O4S/c1-5-18-32-30(36)28(6-2)33(20-24-12-10-11-15-27(24)31)29(35)21-34(25-17-16-22(3)23(4)19-25)39(37,38)26-13-8-7-9-14-26/h7-17,19,28H,5-6,18,20-21H2,1-4H3,(H,32,36). The number of carbonyl (C=O) groups is 2. The third-order valence-electron chi connectivity index (χ3n) is 6.62. The molecule has 0 radical (unpaired) electrons. The van der Waals surface area contributed by atoms with Crippen LogP contribution in [0.1, 0.15) is 43.4 Å². The Morgan fingerprint density at radius 2 is 1.59 bits per heavy atom. The van der Waals surface area contributed by atoms with Crippen molar-refractivity contribution in [3.8, 4) is 0 Å². The molecular formula is C30H36ClN3O4S. The molecule has 1 N–H and O–H groups in total. The number of hydrogen-bond donors (Lipinski definition) is 1. The molecule has 0 bridgehead atoms. The molecule has 3 rings (SSSR count). The van der Waals surface area contributed by atoms with Crippen LogP contribution in [0.4, 0.5) is 5.69 Å². The average Bonchev–Trinajstić information content (AvgIpc) is 2.93. The topological polar surface area (TPSA) is 86.8 Å². The van der Waals surface area contributed by atoms with E-state index in [0.717, 1.165) is 21.9 Å². The molecular weight excluding hydrogens is 534 g/mol. The third-order valence-corrected chi connectivity index (χ3v) is 8.78. The average molecular weight is 570 g/mol. The van der Waals surface area contributed by atoms with Gasteiger partial charge >= 0.3 is 0 Å². The van der Waals surface area contributed by atoms with Crippen LogP contribution in [0, 0.1) is 13.8 Å². The first-order valence-corrected chi connectivity index (χ1v) is 14.9. The van der Waals surface area contributed by atoms with Crippen molar-refractivity contribution in [1.82, 2.24) is 10.2 Å². The number of aryl methyl sites for hydroxylation is 2. The van der Waals surface area contributed by atoms with Gasteiger partial charge in [0.2, 0.25) is 11.8 Å². The Labute approximate surface area is 236 Å². The summed E-state index contributed by atoms with van der Waals surface area (Å²) < 4.78 is 28.9. The van der Waals surface area contributed by atoms with Crippen LogP contribution >= 0.6 is 11.6 Å². The SMILES string of the molecule is CCCNC(=O)C(CC)N(Cc1ccccc1Cl)C(=O)CN(c1ccc(C)c(C)c1)S(=O)(=O)c1ccccc1. The van der Waals surface area contributed by atoms with Crippen molar-refractivity contribution in [3.63, 3.8) is 0 Å². The summed E-state index contributed by atoms with van der Waals surface area (Å²) in [5.74, 6) is -0.797. The molecule has 3 aromatic carbocycles. The maximum atomic E-state index is 14.0. The van der Waals surface area contributed by atoms with Crippen LogP contribution in [0.3, 0.4) is 0 Å². The molecule has 0 fully saturated rings. The molecule has 0 saturated carbocycles. The summed E-state index contributed by atoms with van der Waals surface area (Å²) in [6, 6.07) is 19.6. The highest BCUT2D eigenvalue weighted by molar-refractivity contribution is 7.92. The molecule has 0 saturated heterocycles. The molecule has 2 amide bonds. The van der Waals surface area contributed by atoms with Crippen LogP contribution < -0.4 is 9.62 Å². The fourth-order valence-electron chi connectivity index (χ4n) is 4.22. The summed E-state index contributed by atoms with van der Waals surface area (Å²) in [4.78, 5) is 28.7. The van der Waals surface area contributed by atoms with E-state index in [4.69, 9.17) is 11.6 Å². The third kappa shape index (κ3) is 7.40. The van der Waals surface area contributed by atoms with E-state index in [1.54, 1.807) is 48.5 Å². The van der Waals surface area contributed by atoms with Gasteiger partial charge in [-0.3, -0.25) is 13.9 Å². The van der Waals surface area contributed by atoms with E-state index < -0.39 is 28.5 Å². The van der Waals surface area contributed by atoms with Crippen LogP contribution in [-0.2, 0) is 26.2 Å². The first-order valence-electron chi connectivity index (χ1n) is 13.1. The molecule has 0 spiro atoms. The highest BCUT2D eigenvalue weighted by Gasteiger charge is 2.33. The summed E-state index contributed by atoms with van der Waals surface area (Å²) in [6.45, 7) is 7.65. The molecule has 208 valence electrons. The molecule has 0 aliphatic heterocycles. The van der Waals surface area contributed by atoms with Gasteiger partial charge in [-0.15, -0.1) is 0 Å². The first-order chi connectivity index (χ1) is 18.6. The monoisotopic (exact) mass is 569 g/mol. The molecule has 39 heavy (non-hydrogen) atoms. The summed E-state index contributed by atoms with van der Waals surface area (Å²) in [7, 11) is -4.10. The zero-order valence-electron chi connectivity index (χ0n) is 22.9. The second-order valence-corrected chi connectivity index (χ2v) is 11.7. The zero-order chi connectivity index (χ0) is 28.6. The molecule has 0 aliphatic rings. The number of benzene rings is 3. The zero-order valence-corrected chi connectivity index (χ0v) is 24.4. The normalized spacial score (nSPS) is 12.0. The maximum Gasteiger partial charge on any atom is 0.264 e. The van der Waals surface area contributed by atoms with Crippen LogP contribution in [0.25, 0.3) is 0 Å². The van der Waals surface area contributed by atoms with Gasteiger partial charge in [-0.05, 0) is 73.7 Å². The maximum absolute atomic E-state index is 14.0. The van der Waals surface area contributed by atoms with Crippen molar-refractivity contribution in [2.24, 2.45) is 0 Å². The number of amides is 2. The lowest BCUT2D eigenvalue weighted by atomic mass is 10.1. The van der Waals surface area contributed by atoms with E-state index in [-0.39, 0.29) is 17.3 Å². The number of nitrogens with zero attached hydrogens (tertiary/aromatic N) is 2. The molecule has 0 aliphatic carbocycles. The molecule has 0 aromatic heterocycles. The fraction of sp³-hybridized carbons (Fsp3) is 0.333. The number of hydrogen-bond acceptors (Lipinski definition) is 4. The Hall–Kier alpha value is -3.36. The van der Waals surface area contributed by atoms with Gasteiger partial charge in [-0.25, -0.2) is 8.42 Å². The van der Waals surface area contributed by atoms with Gasteiger partial charge in [-0.1, -0.05) is 67.9 Å². The van der Waals surface area contributed by atoms with Crippen molar-refractivity contribution in [1.29, 1.82) is 0 Å². The number of nitrogens with one attached hydrogen (secondary N) is 1. The number of carbonyl (C=O) groups excluding carboxylic acids is 2. The fourth-order valence-corrected chi connectivity index (χ4v) is 5.85. The lowest BCUT2D eigenvalue weighted by molar-refractivity contribution is -0.140. The van der Waals surface area contributed by atoms with Gasteiger partial charge in [0.25, 0.3) is 10.0 Å². The summed E-state index contributed by atoms with van der Waals surface area (Å²) in [5.41, 5.74) is 2.93. The second-order valence-electron chi connectivity index (χ2n) is 9.42. The van der Waals surface area contributed by atoms with E-state index in [1.807, 2.05) is 39.8 Å². The van der Waals surface area contributed by atoms with Crippen LogP contribution in [0.2, 0.25) is 5.02 Å². The van der Waals surface area contributed by atoms with E-state index in [2.05, 4.69) is 5.32 Å². The summed E-state index contributed by atoms with van der Waals surface area (Å²) >= 11 is 6.43. The van der Waals surface area contributed by atoms with Gasteiger partial charge in [0.05, 0.1) is 10.6 Å². The van der Waals surface area contributed by atoms with E-state index in [1.165, 1.54) is 17.0 Å². The number of rotatable bonds is 12. The van der Waals surface area contributed by atoms with Crippen molar-refractivity contribution in [2.75, 3.05) is 17.4 Å². The van der Waals surface area contributed by atoms with Crippen molar-refractivity contribution in [2.45, 2.75) is 58.0 Å². The lowest BCUT2D eigenvalue weighted by Gasteiger charge is -2.33. The van der Waals surface area contributed by atoms with Gasteiger partial charge < -0.3 is 10.2 Å². The minimum absolute atomic E-state index is 0.0582. The summed E-state index contributed by atoms with van der Waals surface area (Å²) in [6.07, 6.45) is 1.09. The smallest absolute Gasteiger partial charge is 0.264 e. The second kappa shape index (κ2) is 13.6. The Morgan fingerprint density at radius 3 is 2.21 bits per heavy atom. The molecule has 1 unspecified atom stereocenters. The highest BCUT2D eigenvalue weighted by Crippen LogP contribution is 2.27. The van der Waals surface area contributed by atoms with Gasteiger partial charge in [0.1, 0.15) is 12.6 Å². The number of anilines is 1. The molecule has 0 heterocycles. The minimum Gasteiger partial charge on any atom is -0.354 e. The Morgan fingerprint density at radius 1 is 0.923 bits per heavy atom. The Balaban J connectivity index is 2.07. The van der Waals surface area contributed by atoms with E-state index in [9.17, 15) is 18.0 Å². The molecule has 3 aromatic rings. The molecule has 1 atom stereocenters. The van der Waals surface area contributed by atoms with E-state index >= 15 is 0 Å². The number of halogens is 1. The van der Waals surface area contributed by atoms with Gasteiger partial charge in [-0.2, -0.15) is 0 Å². The Bertz CT molecular complexity index is 1400. The first kappa shape index (κ1) is 30.2. The van der Waals surface area contributed by atoms with Gasteiger partial charge in [0, 0.05) is 18.1 Å². The predicted molar refractivity (Wildman–Crippen MR) is 156 cm³/mol. The van der Waals surface area contributed by atoms with Crippen LogP contribution in [0.5, 0.6) is 0 Å². The van der Waals surface area contributed by atoms with Crippen LogP contribution in [0.15, 0.2) is 77.7 Å². The van der Waals surface area contributed by atoms with Crippen molar-refractivity contribution < 1.29 is 18.0 Å². The van der Waals surface area contributed by atoms with Crippen molar-refractivity contribution >= 4 is 39.1 Å². The molecule has 7 nitrogen and oxygen atoms in total. The minimum atomic E-state index is -4.10. The molecule has 9 heteroatoms. The predicted octanol–water partition coefficient (Wildman–Crippen LogP) is 5.49. The lowest BCUT2D eigenvalue weighted by Crippen LogP contribution is -2.52.